The van der Waals surface area contributed by atoms with Gasteiger partial charge in [0.25, 0.3) is 0 Å². The highest BCUT2D eigenvalue weighted by atomic mass is 16.5. The number of carboxylic acid groups (broad SMARTS) is 1. The maximum Gasteiger partial charge on any atom is 0.326 e. The van der Waals surface area contributed by atoms with E-state index in [1.807, 2.05) is 0 Å². The summed E-state index contributed by atoms with van der Waals surface area (Å²) in [6.07, 6.45) is 0.879. The number of rotatable bonds is 7. The quantitative estimate of drug-likeness (QED) is 0.473. The molecular formula is C9H13N5O5. The Morgan fingerprint density at radius 3 is 2.74 bits per heavy atom. The molecule has 19 heavy (non-hydrogen) atoms. The van der Waals surface area contributed by atoms with E-state index in [1.54, 1.807) is 0 Å². The van der Waals surface area contributed by atoms with Crippen molar-refractivity contribution in [2.24, 2.45) is 5.73 Å². The lowest BCUT2D eigenvalue weighted by Gasteiger charge is -2.13. The predicted molar refractivity (Wildman–Crippen MR) is 59.5 cm³/mol. The number of aromatic nitrogens is 2. The first-order chi connectivity index (χ1) is 8.99. The van der Waals surface area contributed by atoms with Crippen molar-refractivity contribution < 1.29 is 24.0 Å². The lowest BCUT2D eigenvalue weighted by Crippen LogP contribution is -2.46. The number of carbonyl (C=O) groups is 3. The van der Waals surface area contributed by atoms with Crippen molar-refractivity contribution in [3.8, 4) is 0 Å². The first-order valence-corrected chi connectivity index (χ1v) is 5.29. The number of carboxylic acids is 1. The summed E-state index contributed by atoms with van der Waals surface area (Å²) in [5.41, 5.74) is 4.91. The van der Waals surface area contributed by atoms with Crippen LogP contribution in [0.2, 0.25) is 0 Å². The van der Waals surface area contributed by atoms with Gasteiger partial charge in [-0.05, 0) is 6.42 Å². The van der Waals surface area contributed by atoms with Gasteiger partial charge in [0.05, 0.1) is 6.54 Å². The molecule has 1 unspecified atom stereocenters. The molecule has 0 bridgehead atoms. The van der Waals surface area contributed by atoms with Crippen molar-refractivity contribution in [1.82, 2.24) is 20.8 Å². The van der Waals surface area contributed by atoms with Gasteiger partial charge in [-0.25, -0.2) is 9.59 Å². The average molecular weight is 271 g/mol. The number of nitrogens with zero attached hydrogens (tertiary/aromatic N) is 2. The van der Waals surface area contributed by atoms with Gasteiger partial charge < -0.3 is 26.0 Å². The molecule has 0 saturated carbocycles. The van der Waals surface area contributed by atoms with Crippen LogP contribution in [0.15, 0.2) is 10.9 Å². The third-order valence-electron chi connectivity index (χ3n) is 2.10. The fourth-order valence-electron chi connectivity index (χ4n) is 1.18. The zero-order valence-corrected chi connectivity index (χ0v) is 9.83. The summed E-state index contributed by atoms with van der Waals surface area (Å²) in [5, 5.41) is 16.8. The molecule has 1 rings (SSSR count). The number of hydrogen-bond donors (Lipinski definition) is 4. The molecule has 0 aromatic carbocycles. The summed E-state index contributed by atoms with van der Waals surface area (Å²) < 4.78 is 4.45. The Hall–Kier alpha value is -2.65. The number of hydrogen-bond acceptors (Lipinski definition) is 6. The SMILES string of the molecule is NC(=O)CCC(NC(=O)NCc1ncon1)C(=O)O. The minimum atomic E-state index is -1.25. The first kappa shape index (κ1) is 14.4. The molecule has 0 spiro atoms. The molecular weight excluding hydrogens is 258 g/mol. The average Bonchev–Trinajstić information content (AvgIpc) is 2.84. The summed E-state index contributed by atoms with van der Waals surface area (Å²) in [5.74, 6) is -1.64. The molecule has 10 heteroatoms. The Balaban J connectivity index is 2.38. The molecule has 1 heterocycles. The van der Waals surface area contributed by atoms with Crippen LogP contribution in [-0.2, 0) is 16.1 Å². The van der Waals surface area contributed by atoms with E-state index in [9.17, 15) is 14.4 Å². The smallest absolute Gasteiger partial charge is 0.326 e. The Bertz CT molecular complexity index is 446. The van der Waals surface area contributed by atoms with Crippen LogP contribution in [0.1, 0.15) is 18.7 Å². The monoisotopic (exact) mass is 271 g/mol. The van der Waals surface area contributed by atoms with Gasteiger partial charge in [-0.1, -0.05) is 5.16 Å². The van der Waals surface area contributed by atoms with Gasteiger partial charge in [-0.15, -0.1) is 0 Å². The van der Waals surface area contributed by atoms with Crippen LogP contribution in [0.3, 0.4) is 0 Å². The van der Waals surface area contributed by atoms with Gasteiger partial charge in [0.15, 0.2) is 5.82 Å². The third kappa shape index (κ3) is 5.48. The highest BCUT2D eigenvalue weighted by molar-refractivity contribution is 5.83. The second kappa shape index (κ2) is 6.93. The van der Waals surface area contributed by atoms with Crippen LogP contribution < -0.4 is 16.4 Å². The molecule has 0 saturated heterocycles. The molecule has 1 aromatic rings. The van der Waals surface area contributed by atoms with Crippen molar-refractivity contribution in [1.29, 1.82) is 0 Å². The molecule has 10 nitrogen and oxygen atoms in total. The van der Waals surface area contributed by atoms with Gasteiger partial charge in [0.2, 0.25) is 12.3 Å². The van der Waals surface area contributed by atoms with Crippen molar-refractivity contribution in [2.45, 2.75) is 25.4 Å². The number of primary amides is 1. The fourth-order valence-corrected chi connectivity index (χ4v) is 1.18. The molecule has 3 amide bonds. The molecule has 0 radical (unpaired) electrons. The molecule has 0 aliphatic carbocycles. The van der Waals surface area contributed by atoms with E-state index in [4.69, 9.17) is 10.8 Å². The largest absolute Gasteiger partial charge is 0.480 e. The van der Waals surface area contributed by atoms with Gasteiger partial charge in [-0.2, -0.15) is 4.98 Å². The van der Waals surface area contributed by atoms with Crippen molar-refractivity contribution in [3.63, 3.8) is 0 Å². The summed E-state index contributed by atoms with van der Waals surface area (Å²) in [4.78, 5) is 36.5. The molecule has 0 aliphatic rings. The van der Waals surface area contributed by atoms with Gasteiger partial charge >= 0.3 is 12.0 Å². The lowest BCUT2D eigenvalue weighted by atomic mass is 10.1. The number of nitrogens with one attached hydrogen (secondary N) is 2. The summed E-state index contributed by atoms with van der Waals surface area (Å²) >= 11 is 0. The number of amides is 3. The topological polar surface area (TPSA) is 160 Å². The molecule has 1 aromatic heterocycles. The first-order valence-electron chi connectivity index (χ1n) is 5.29. The van der Waals surface area contributed by atoms with Crippen LogP contribution in [-0.4, -0.2) is 39.2 Å². The van der Waals surface area contributed by atoms with Crippen LogP contribution in [0.5, 0.6) is 0 Å². The van der Waals surface area contributed by atoms with Gasteiger partial charge in [0, 0.05) is 6.42 Å². The number of nitrogens with two attached hydrogens (primary N) is 1. The molecule has 104 valence electrons. The van der Waals surface area contributed by atoms with Crippen molar-refractivity contribution in [2.75, 3.05) is 0 Å². The standard InChI is InChI=1S/C9H13N5O5/c10-6(15)2-1-5(8(16)17)13-9(18)11-3-7-12-4-19-14-7/h4-5H,1-3H2,(H2,10,15)(H,16,17)(H2,11,13,18). The van der Waals surface area contributed by atoms with Crippen LogP contribution in [0.25, 0.3) is 0 Å². The maximum atomic E-state index is 11.4. The van der Waals surface area contributed by atoms with E-state index in [0.717, 1.165) is 6.39 Å². The van der Waals surface area contributed by atoms with Crippen LogP contribution in [0.4, 0.5) is 4.79 Å². The summed E-state index contributed by atoms with van der Waals surface area (Å²) in [6, 6.07) is -1.92. The van der Waals surface area contributed by atoms with E-state index < -0.39 is 23.9 Å². The Labute approximate surface area is 107 Å². The second-order valence-corrected chi connectivity index (χ2v) is 3.57. The maximum absolute atomic E-state index is 11.4. The highest BCUT2D eigenvalue weighted by Gasteiger charge is 2.20. The fraction of sp³-hybridized carbons (Fsp3) is 0.444. The molecule has 1 atom stereocenters. The van der Waals surface area contributed by atoms with E-state index in [0.29, 0.717) is 0 Å². The van der Waals surface area contributed by atoms with E-state index >= 15 is 0 Å². The van der Waals surface area contributed by atoms with Crippen molar-refractivity contribution >= 4 is 17.9 Å². The lowest BCUT2D eigenvalue weighted by molar-refractivity contribution is -0.139. The highest BCUT2D eigenvalue weighted by Crippen LogP contribution is 1.97. The summed E-state index contributed by atoms with van der Waals surface area (Å²) in [6.45, 7) is -0.00943. The number of urea groups is 1. The molecule has 5 N–H and O–H groups in total. The zero-order valence-electron chi connectivity index (χ0n) is 9.83. The zero-order chi connectivity index (χ0) is 14.3. The second-order valence-electron chi connectivity index (χ2n) is 3.57. The van der Waals surface area contributed by atoms with Crippen molar-refractivity contribution in [3.05, 3.63) is 12.2 Å². The number of carbonyl (C=O) groups excluding carboxylic acids is 2. The van der Waals surface area contributed by atoms with Crippen LogP contribution in [0, 0.1) is 0 Å². The van der Waals surface area contributed by atoms with Crippen LogP contribution >= 0.6 is 0 Å². The normalized spacial score (nSPS) is 11.6. The van der Waals surface area contributed by atoms with Gasteiger partial charge in [-0.3, -0.25) is 4.79 Å². The van der Waals surface area contributed by atoms with Gasteiger partial charge in [0.1, 0.15) is 6.04 Å². The minimum absolute atomic E-state index is 0.00943. The Kier molecular flexibility index (Phi) is 5.26. The van der Waals surface area contributed by atoms with E-state index in [2.05, 4.69) is 25.3 Å². The third-order valence-corrected chi connectivity index (χ3v) is 2.10. The van der Waals surface area contributed by atoms with E-state index in [-0.39, 0.29) is 25.2 Å². The number of aliphatic carboxylic acids is 1. The predicted octanol–water partition coefficient (Wildman–Crippen LogP) is -1.41. The minimum Gasteiger partial charge on any atom is -0.480 e. The summed E-state index contributed by atoms with van der Waals surface area (Å²) in [7, 11) is 0. The Morgan fingerprint density at radius 2 is 2.21 bits per heavy atom. The molecule has 0 aliphatic heterocycles. The molecule has 0 fully saturated rings. The Morgan fingerprint density at radius 1 is 1.47 bits per heavy atom. The van der Waals surface area contributed by atoms with E-state index in [1.165, 1.54) is 0 Å².